The summed E-state index contributed by atoms with van der Waals surface area (Å²) in [6, 6.07) is 15.7. The van der Waals surface area contributed by atoms with Gasteiger partial charge in [-0.05, 0) is 67.9 Å². The van der Waals surface area contributed by atoms with Gasteiger partial charge < -0.3 is 24.1 Å². The number of furan rings is 1. The summed E-state index contributed by atoms with van der Waals surface area (Å²) in [6.07, 6.45) is 1.44. The van der Waals surface area contributed by atoms with Crippen molar-refractivity contribution >= 4 is 17.5 Å². The molecule has 0 radical (unpaired) electrons. The number of carbonyl (C=O) groups is 2. The van der Waals surface area contributed by atoms with Gasteiger partial charge in [-0.3, -0.25) is 9.59 Å². The third-order valence-corrected chi connectivity index (χ3v) is 4.70. The summed E-state index contributed by atoms with van der Waals surface area (Å²) in [5, 5.41) is 2.74. The van der Waals surface area contributed by atoms with Gasteiger partial charge in [0.2, 0.25) is 0 Å². The molecule has 1 N–H and O–H groups in total. The Kier molecular flexibility index (Phi) is 7.32. The minimum Gasteiger partial charge on any atom is -0.493 e. The van der Waals surface area contributed by atoms with E-state index in [2.05, 4.69) is 5.32 Å². The molecule has 0 saturated heterocycles. The zero-order chi connectivity index (χ0) is 22.2. The van der Waals surface area contributed by atoms with Gasteiger partial charge in [0.25, 0.3) is 11.8 Å². The molecule has 0 aliphatic heterocycles. The molecule has 0 bridgehead atoms. The monoisotopic (exact) mass is 422 g/mol. The molecule has 0 atom stereocenters. The molecule has 3 rings (SSSR count). The van der Waals surface area contributed by atoms with E-state index in [9.17, 15) is 9.59 Å². The van der Waals surface area contributed by atoms with Crippen LogP contribution in [0.15, 0.2) is 65.3 Å². The second-order valence-electron chi connectivity index (χ2n) is 6.75. The topological polar surface area (TPSA) is 81.0 Å². The Hall–Kier alpha value is -3.74. The van der Waals surface area contributed by atoms with Crippen LogP contribution in [-0.4, -0.2) is 37.0 Å². The van der Waals surface area contributed by atoms with Crippen molar-refractivity contribution < 1.29 is 23.5 Å². The van der Waals surface area contributed by atoms with Crippen LogP contribution in [0.1, 0.15) is 40.3 Å². The zero-order valence-electron chi connectivity index (χ0n) is 17.9. The number of hydrogen-bond donors (Lipinski definition) is 1. The Labute approximate surface area is 181 Å². The van der Waals surface area contributed by atoms with Crippen molar-refractivity contribution in [3.63, 3.8) is 0 Å². The average molecular weight is 422 g/mol. The molecular weight excluding hydrogens is 396 g/mol. The molecule has 0 fully saturated rings. The predicted molar refractivity (Wildman–Crippen MR) is 118 cm³/mol. The first kappa shape index (κ1) is 22.0. The molecule has 0 spiro atoms. The fraction of sp³-hybridized carbons (Fsp3) is 0.250. The van der Waals surface area contributed by atoms with E-state index in [1.807, 2.05) is 32.0 Å². The van der Waals surface area contributed by atoms with E-state index < -0.39 is 0 Å². The van der Waals surface area contributed by atoms with Gasteiger partial charge in [-0.15, -0.1) is 0 Å². The summed E-state index contributed by atoms with van der Waals surface area (Å²) < 4.78 is 16.0. The third-order valence-electron chi connectivity index (χ3n) is 4.70. The van der Waals surface area contributed by atoms with Gasteiger partial charge in [0.05, 0.1) is 20.0 Å². The van der Waals surface area contributed by atoms with Gasteiger partial charge in [-0.2, -0.15) is 0 Å². The molecule has 0 saturated carbocycles. The number of methoxy groups -OCH3 is 1. The minimum atomic E-state index is -0.344. The largest absolute Gasteiger partial charge is 0.493 e. The van der Waals surface area contributed by atoms with E-state index in [-0.39, 0.29) is 17.6 Å². The molecule has 2 amide bonds. The Balaban J connectivity index is 1.68. The lowest BCUT2D eigenvalue weighted by molar-refractivity contribution is 0.0752. The number of benzene rings is 2. The quantitative estimate of drug-likeness (QED) is 0.545. The molecule has 0 aliphatic rings. The van der Waals surface area contributed by atoms with Crippen LogP contribution in [0.3, 0.4) is 0 Å². The Bertz CT molecular complexity index is 1010. The predicted octanol–water partition coefficient (Wildman–Crippen LogP) is 4.60. The van der Waals surface area contributed by atoms with E-state index >= 15 is 0 Å². The zero-order valence-corrected chi connectivity index (χ0v) is 17.9. The molecule has 7 nitrogen and oxygen atoms in total. The first-order valence-electron chi connectivity index (χ1n) is 10.1. The lowest BCUT2D eigenvalue weighted by atomic mass is 10.1. The first-order valence-corrected chi connectivity index (χ1v) is 10.1. The lowest BCUT2D eigenvalue weighted by Gasteiger charge is -2.22. The number of ether oxygens (including phenoxy) is 2. The number of rotatable bonds is 9. The van der Waals surface area contributed by atoms with Gasteiger partial charge in [-0.25, -0.2) is 0 Å². The Morgan fingerprint density at radius 2 is 1.81 bits per heavy atom. The first-order chi connectivity index (χ1) is 15.0. The highest BCUT2D eigenvalue weighted by Gasteiger charge is 2.16. The fourth-order valence-electron chi connectivity index (χ4n) is 3.11. The van der Waals surface area contributed by atoms with Crippen LogP contribution >= 0.6 is 0 Å². The average Bonchev–Trinajstić information content (AvgIpc) is 3.34. The molecule has 1 aromatic heterocycles. The van der Waals surface area contributed by atoms with E-state index in [0.29, 0.717) is 42.4 Å². The van der Waals surface area contributed by atoms with Gasteiger partial charge in [0.1, 0.15) is 0 Å². The van der Waals surface area contributed by atoms with E-state index in [0.717, 1.165) is 5.56 Å². The van der Waals surface area contributed by atoms with Crippen molar-refractivity contribution in [2.75, 3.05) is 25.6 Å². The number of amides is 2. The van der Waals surface area contributed by atoms with Crippen LogP contribution in [-0.2, 0) is 6.54 Å². The number of nitrogens with one attached hydrogen (secondary N) is 1. The van der Waals surface area contributed by atoms with Crippen molar-refractivity contribution in [2.45, 2.75) is 20.4 Å². The van der Waals surface area contributed by atoms with E-state index in [1.165, 1.54) is 6.26 Å². The summed E-state index contributed by atoms with van der Waals surface area (Å²) in [6.45, 7) is 5.38. The van der Waals surface area contributed by atoms with Crippen LogP contribution < -0.4 is 14.8 Å². The minimum absolute atomic E-state index is 0.0979. The van der Waals surface area contributed by atoms with E-state index in [4.69, 9.17) is 13.9 Å². The van der Waals surface area contributed by atoms with Crippen molar-refractivity contribution in [1.29, 1.82) is 0 Å². The van der Waals surface area contributed by atoms with Crippen LogP contribution in [0.4, 0.5) is 5.69 Å². The molecule has 3 aromatic rings. The SMILES string of the molecule is CCOc1ccc(CN(CC)C(=O)c2ccc(NC(=O)c3ccco3)cc2)cc1OC. The molecule has 162 valence electrons. The maximum absolute atomic E-state index is 13.0. The summed E-state index contributed by atoms with van der Waals surface area (Å²) in [5.74, 6) is 1.10. The van der Waals surface area contributed by atoms with Gasteiger partial charge >= 0.3 is 0 Å². The highest BCUT2D eigenvalue weighted by Crippen LogP contribution is 2.28. The van der Waals surface area contributed by atoms with Crippen molar-refractivity contribution in [3.8, 4) is 11.5 Å². The second kappa shape index (κ2) is 10.3. The van der Waals surface area contributed by atoms with Crippen LogP contribution in [0.5, 0.6) is 11.5 Å². The van der Waals surface area contributed by atoms with Crippen LogP contribution in [0, 0.1) is 0 Å². The Morgan fingerprint density at radius 3 is 2.42 bits per heavy atom. The summed E-state index contributed by atoms with van der Waals surface area (Å²) in [4.78, 5) is 26.8. The molecule has 31 heavy (non-hydrogen) atoms. The highest BCUT2D eigenvalue weighted by molar-refractivity contribution is 6.02. The van der Waals surface area contributed by atoms with Crippen molar-refractivity contribution in [3.05, 3.63) is 77.7 Å². The summed E-state index contributed by atoms with van der Waals surface area (Å²) >= 11 is 0. The van der Waals surface area contributed by atoms with E-state index in [1.54, 1.807) is 48.4 Å². The number of anilines is 1. The fourth-order valence-corrected chi connectivity index (χ4v) is 3.11. The highest BCUT2D eigenvalue weighted by atomic mass is 16.5. The third kappa shape index (κ3) is 5.45. The van der Waals surface area contributed by atoms with Crippen LogP contribution in [0.25, 0.3) is 0 Å². The molecule has 1 heterocycles. The summed E-state index contributed by atoms with van der Waals surface area (Å²) in [5.41, 5.74) is 2.06. The van der Waals surface area contributed by atoms with Crippen molar-refractivity contribution in [1.82, 2.24) is 4.90 Å². The van der Waals surface area contributed by atoms with Gasteiger partial charge in [0, 0.05) is 24.3 Å². The van der Waals surface area contributed by atoms with Crippen molar-refractivity contribution in [2.24, 2.45) is 0 Å². The molecule has 0 aliphatic carbocycles. The smallest absolute Gasteiger partial charge is 0.291 e. The Morgan fingerprint density at radius 1 is 1.03 bits per heavy atom. The standard InChI is InChI=1S/C24H26N2O5/c1-4-26(16-17-8-13-20(30-5-2)22(15-17)29-3)24(28)18-9-11-19(12-10-18)25-23(27)21-7-6-14-31-21/h6-15H,4-5,16H2,1-3H3,(H,25,27). The maximum Gasteiger partial charge on any atom is 0.291 e. The van der Waals surface area contributed by atoms with Gasteiger partial charge in [-0.1, -0.05) is 6.07 Å². The normalized spacial score (nSPS) is 10.4. The molecule has 2 aromatic carbocycles. The molecular formula is C24H26N2O5. The lowest BCUT2D eigenvalue weighted by Crippen LogP contribution is -2.30. The molecule has 0 unspecified atom stereocenters. The number of nitrogens with zero attached hydrogens (tertiary/aromatic N) is 1. The number of hydrogen-bond acceptors (Lipinski definition) is 5. The second-order valence-corrected chi connectivity index (χ2v) is 6.75. The maximum atomic E-state index is 13.0. The number of carbonyl (C=O) groups excluding carboxylic acids is 2. The summed E-state index contributed by atoms with van der Waals surface area (Å²) in [7, 11) is 1.59. The molecule has 7 heteroatoms. The van der Waals surface area contributed by atoms with Crippen LogP contribution in [0.2, 0.25) is 0 Å². The van der Waals surface area contributed by atoms with Gasteiger partial charge in [0.15, 0.2) is 17.3 Å².